The van der Waals surface area contributed by atoms with Crippen molar-refractivity contribution in [1.82, 2.24) is 5.32 Å². The average Bonchev–Trinajstić information content (AvgIpc) is 2.10. The van der Waals surface area contributed by atoms with E-state index in [1.54, 1.807) is 0 Å². The molecule has 0 radical (unpaired) electrons. The van der Waals surface area contributed by atoms with E-state index in [-0.39, 0.29) is 0 Å². The molecule has 0 aliphatic rings. The van der Waals surface area contributed by atoms with Crippen LogP contribution in [0.3, 0.4) is 0 Å². The van der Waals surface area contributed by atoms with E-state index in [9.17, 15) is 0 Å². The Kier molecular flexibility index (Phi) is 6.92. The summed E-state index contributed by atoms with van der Waals surface area (Å²) in [6.07, 6.45) is 1.40. The van der Waals surface area contributed by atoms with Crippen LogP contribution in [-0.2, 0) is 4.74 Å². The summed E-state index contributed by atoms with van der Waals surface area (Å²) in [4.78, 5) is 0. The summed E-state index contributed by atoms with van der Waals surface area (Å²) in [5.41, 5.74) is 1.12. The minimum Gasteiger partial charge on any atom is -0.374 e. The van der Waals surface area contributed by atoms with Crippen LogP contribution in [-0.4, -0.2) is 25.3 Å². The van der Waals surface area contributed by atoms with Crippen LogP contribution >= 0.6 is 0 Å². The average molecular weight is 185 g/mol. The smallest absolute Gasteiger partial charge is 0.0690 e. The first-order chi connectivity index (χ1) is 6.06. The minimum atomic E-state index is 0.343. The van der Waals surface area contributed by atoms with Crippen LogP contribution in [0.25, 0.3) is 0 Å². The largest absolute Gasteiger partial charge is 0.374 e. The Hall–Kier alpha value is -0.340. The normalized spacial score (nSPS) is 13.3. The van der Waals surface area contributed by atoms with Gasteiger partial charge in [0.2, 0.25) is 0 Å². The van der Waals surface area contributed by atoms with E-state index in [1.807, 2.05) is 0 Å². The van der Waals surface area contributed by atoms with E-state index in [1.165, 1.54) is 0 Å². The second-order valence-corrected chi connectivity index (χ2v) is 3.82. The summed E-state index contributed by atoms with van der Waals surface area (Å²) in [5.74, 6) is 0. The highest BCUT2D eigenvalue weighted by molar-refractivity contribution is 4.97. The number of nitrogens with one attached hydrogen (secondary N) is 1. The van der Waals surface area contributed by atoms with Gasteiger partial charge in [-0.2, -0.15) is 0 Å². The summed E-state index contributed by atoms with van der Waals surface area (Å²) in [5, 5.41) is 3.31. The molecule has 0 aromatic heterocycles. The molecule has 0 bridgehead atoms. The molecular formula is C11H23NO. The maximum Gasteiger partial charge on any atom is 0.0690 e. The van der Waals surface area contributed by atoms with Crippen molar-refractivity contribution in [1.29, 1.82) is 0 Å². The standard InChI is InChI=1S/C11H23NO/c1-6-11(5)13-8-10(4)7-12-9(2)3/h9,11-12H,4,6-8H2,1-3,5H3. The molecule has 0 heterocycles. The quantitative estimate of drug-likeness (QED) is 0.615. The van der Waals surface area contributed by atoms with Crippen molar-refractivity contribution in [3.05, 3.63) is 12.2 Å². The summed E-state index contributed by atoms with van der Waals surface area (Å²) in [7, 11) is 0. The van der Waals surface area contributed by atoms with Gasteiger partial charge < -0.3 is 10.1 Å². The van der Waals surface area contributed by atoms with Gasteiger partial charge in [0.05, 0.1) is 12.7 Å². The Morgan fingerprint density at radius 3 is 2.46 bits per heavy atom. The van der Waals surface area contributed by atoms with Crippen molar-refractivity contribution in [3.8, 4) is 0 Å². The predicted molar refractivity (Wildman–Crippen MR) is 58.0 cm³/mol. The topological polar surface area (TPSA) is 21.3 Å². The number of hydrogen-bond acceptors (Lipinski definition) is 2. The van der Waals surface area contributed by atoms with Crippen molar-refractivity contribution in [2.24, 2.45) is 0 Å². The molecule has 0 amide bonds. The van der Waals surface area contributed by atoms with Gasteiger partial charge in [0.25, 0.3) is 0 Å². The molecule has 0 aliphatic heterocycles. The third-order valence-corrected chi connectivity index (χ3v) is 1.91. The Morgan fingerprint density at radius 1 is 1.38 bits per heavy atom. The van der Waals surface area contributed by atoms with Gasteiger partial charge in [-0.15, -0.1) is 0 Å². The molecule has 2 heteroatoms. The maximum atomic E-state index is 5.55. The van der Waals surface area contributed by atoms with Crippen molar-refractivity contribution in [2.75, 3.05) is 13.2 Å². The third-order valence-electron chi connectivity index (χ3n) is 1.91. The Morgan fingerprint density at radius 2 is 2.00 bits per heavy atom. The molecule has 0 saturated carbocycles. The summed E-state index contributed by atoms with van der Waals surface area (Å²) >= 11 is 0. The lowest BCUT2D eigenvalue weighted by molar-refractivity contribution is 0.0800. The number of hydrogen-bond donors (Lipinski definition) is 1. The maximum absolute atomic E-state index is 5.55. The molecule has 1 atom stereocenters. The Balaban J connectivity index is 3.40. The number of rotatable bonds is 7. The summed E-state index contributed by atoms with van der Waals surface area (Å²) in [6, 6.07) is 0.514. The second-order valence-electron chi connectivity index (χ2n) is 3.82. The van der Waals surface area contributed by atoms with E-state index in [0.29, 0.717) is 18.8 Å². The van der Waals surface area contributed by atoms with E-state index in [2.05, 4.69) is 39.6 Å². The molecule has 1 N–H and O–H groups in total. The molecule has 0 aromatic carbocycles. The van der Waals surface area contributed by atoms with Gasteiger partial charge >= 0.3 is 0 Å². The lowest BCUT2D eigenvalue weighted by Gasteiger charge is -2.14. The lowest BCUT2D eigenvalue weighted by Crippen LogP contribution is -2.26. The van der Waals surface area contributed by atoms with Gasteiger partial charge in [-0.3, -0.25) is 0 Å². The van der Waals surface area contributed by atoms with Gasteiger partial charge in [-0.1, -0.05) is 27.4 Å². The fourth-order valence-electron chi connectivity index (χ4n) is 0.777. The van der Waals surface area contributed by atoms with Crippen molar-refractivity contribution in [3.63, 3.8) is 0 Å². The summed E-state index contributed by atoms with van der Waals surface area (Å²) in [6.45, 7) is 13.9. The predicted octanol–water partition coefficient (Wildman–Crippen LogP) is 2.36. The fourth-order valence-corrected chi connectivity index (χ4v) is 0.777. The summed E-state index contributed by atoms with van der Waals surface area (Å²) < 4.78 is 5.55. The van der Waals surface area contributed by atoms with Crippen LogP contribution in [0.2, 0.25) is 0 Å². The monoisotopic (exact) mass is 185 g/mol. The third kappa shape index (κ3) is 8.00. The SMILES string of the molecule is C=C(CNC(C)C)COC(C)CC. The Bertz CT molecular complexity index is 143. The van der Waals surface area contributed by atoms with E-state index >= 15 is 0 Å². The van der Waals surface area contributed by atoms with Crippen molar-refractivity contribution >= 4 is 0 Å². The van der Waals surface area contributed by atoms with Crippen LogP contribution in [0.15, 0.2) is 12.2 Å². The van der Waals surface area contributed by atoms with E-state index < -0.39 is 0 Å². The second kappa shape index (κ2) is 7.10. The molecule has 78 valence electrons. The van der Waals surface area contributed by atoms with Crippen LogP contribution in [0.1, 0.15) is 34.1 Å². The zero-order valence-electron chi connectivity index (χ0n) is 9.39. The van der Waals surface area contributed by atoms with Crippen LogP contribution in [0.5, 0.6) is 0 Å². The molecule has 13 heavy (non-hydrogen) atoms. The molecule has 1 unspecified atom stereocenters. The van der Waals surface area contributed by atoms with Crippen molar-refractivity contribution < 1.29 is 4.74 Å². The van der Waals surface area contributed by atoms with Crippen LogP contribution < -0.4 is 5.32 Å². The molecule has 0 spiro atoms. The lowest BCUT2D eigenvalue weighted by atomic mass is 10.3. The molecule has 0 rings (SSSR count). The van der Waals surface area contributed by atoms with Gasteiger partial charge in [-0.05, 0) is 18.9 Å². The highest BCUT2D eigenvalue weighted by Gasteiger charge is 2.00. The first-order valence-corrected chi connectivity index (χ1v) is 5.07. The fraction of sp³-hybridized carbons (Fsp3) is 0.818. The molecule has 0 saturated heterocycles. The van der Waals surface area contributed by atoms with Gasteiger partial charge in [0, 0.05) is 12.6 Å². The van der Waals surface area contributed by atoms with Gasteiger partial charge in [0.1, 0.15) is 0 Å². The first-order valence-electron chi connectivity index (χ1n) is 5.07. The van der Waals surface area contributed by atoms with E-state index in [0.717, 1.165) is 18.5 Å². The Labute approximate surface area is 82.4 Å². The highest BCUT2D eigenvalue weighted by Crippen LogP contribution is 1.99. The highest BCUT2D eigenvalue weighted by atomic mass is 16.5. The van der Waals surface area contributed by atoms with Crippen LogP contribution in [0.4, 0.5) is 0 Å². The molecular weight excluding hydrogens is 162 g/mol. The zero-order valence-corrected chi connectivity index (χ0v) is 9.39. The van der Waals surface area contributed by atoms with Gasteiger partial charge in [0.15, 0.2) is 0 Å². The van der Waals surface area contributed by atoms with Gasteiger partial charge in [-0.25, -0.2) is 0 Å². The molecule has 2 nitrogen and oxygen atoms in total. The molecule has 0 fully saturated rings. The zero-order chi connectivity index (χ0) is 10.3. The minimum absolute atomic E-state index is 0.343. The number of ether oxygens (including phenoxy) is 1. The van der Waals surface area contributed by atoms with Crippen LogP contribution in [0, 0.1) is 0 Å². The van der Waals surface area contributed by atoms with Crippen molar-refractivity contribution in [2.45, 2.75) is 46.3 Å². The molecule has 0 aromatic rings. The molecule has 0 aliphatic carbocycles. The first kappa shape index (κ1) is 12.7. The van der Waals surface area contributed by atoms with E-state index in [4.69, 9.17) is 4.74 Å².